The molecular weight excluding hydrogens is 458 g/mol. The van der Waals surface area contributed by atoms with Crippen molar-refractivity contribution in [2.24, 2.45) is 5.92 Å². The van der Waals surface area contributed by atoms with E-state index < -0.39 is 9.84 Å². The highest BCUT2D eigenvalue weighted by molar-refractivity contribution is 7.90. The van der Waals surface area contributed by atoms with E-state index >= 15 is 0 Å². The average Bonchev–Trinajstić information content (AvgIpc) is 3.38. The number of piperazine rings is 1. The van der Waals surface area contributed by atoms with Crippen molar-refractivity contribution < 1.29 is 13.2 Å². The second-order valence-electron chi connectivity index (χ2n) is 9.97. The van der Waals surface area contributed by atoms with Crippen LogP contribution >= 0.6 is 0 Å². The summed E-state index contributed by atoms with van der Waals surface area (Å²) in [5.74, 6) is 0.734. The molecule has 0 unspecified atom stereocenters. The smallest absolute Gasteiger partial charge is 0.253 e. The number of hydrogen-bond donors (Lipinski definition) is 0. The van der Waals surface area contributed by atoms with Gasteiger partial charge in [-0.1, -0.05) is 37.1 Å². The fourth-order valence-corrected chi connectivity index (χ4v) is 7.11. The highest BCUT2D eigenvalue weighted by Gasteiger charge is 2.26. The Morgan fingerprint density at radius 2 is 1.74 bits per heavy atom. The third kappa shape index (κ3) is 5.26. The molecule has 0 bridgehead atoms. The van der Waals surface area contributed by atoms with E-state index in [1.807, 2.05) is 30.0 Å². The number of amides is 1. The fourth-order valence-electron chi connectivity index (χ4n) is 5.47. The predicted molar refractivity (Wildman–Crippen MR) is 138 cm³/mol. The molecule has 7 heteroatoms. The van der Waals surface area contributed by atoms with Crippen molar-refractivity contribution in [3.8, 4) is 0 Å². The van der Waals surface area contributed by atoms with Gasteiger partial charge < -0.3 is 4.90 Å². The highest BCUT2D eigenvalue weighted by Crippen LogP contribution is 2.27. The van der Waals surface area contributed by atoms with Crippen molar-refractivity contribution in [1.82, 2.24) is 14.8 Å². The van der Waals surface area contributed by atoms with Crippen molar-refractivity contribution >= 4 is 26.6 Å². The van der Waals surface area contributed by atoms with E-state index in [0.29, 0.717) is 16.6 Å². The first-order valence-electron chi connectivity index (χ1n) is 12.6. The van der Waals surface area contributed by atoms with Crippen LogP contribution in [0.5, 0.6) is 0 Å². The van der Waals surface area contributed by atoms with Gasteiger partial charge in [-0.2, -0.15) is 0 Å². The molecule has 0 spiro atoms. The van der Waals surface area contributed by atoms with Crippen LogP contribution in [0.4, 0.5) is 0 Å². The number of para-hydroxylation sites is 1. The molecular formula is C28H33N3O3S. The molecule has 2 aromatic carbocycles. The summed E-state index contributed by atoms with van der Waals surface area (Å²) in [6, 6.07) is 14.3. The quantitative estimate of drug-likeness (QED) is 0.509. The Morgan fingerprint density at radius 1 is 1.00 bits per heavy atom. The molecule has 2 aliphatic rings. The van der Waals surface area contributed by atoms with Crippen LogP contribution in [0.25, 0.3) is 10.9 Å². The Balaban J connectivity index is 1.26. The maximum Gasteiger partial charge on any atom is 0.253 e. The molecule has 184 valence electrons. The number of carbonyl (C=O) groups is 1. The summed E-state index contributed by atoms with van der Waals surface area (Å²) in [6.07, 6.45) is 7.02. The minimum atomic E-state index is -3.60. The molecule has 2 heterocycles. The number of rotatable bonds is 6. The number of sulfone groups is 1. The molecule has 1 aromatic heterocycles. The van der Waals surface area contributed by atoms with Gasteiger partial charge in [-0.3, -0.25) is 14.7 Å². The first-order chi connectivity index (χ1) is 16.9. The Labute approximate surface area is 207 Å². The van der Waals surface area contributed by atoms with Crippen molar-refractivity contribution in [1.29, 1.82) is 0 Å². The lowest BCUT2D eigenvalue weighted by Crippen LogP contribution is -2.49. The predicted octanol–water partition coefficient (Wildman–Crippen LogP) is 4.47. The molecule has 0 N–H and O–H groups in total. The normalized spacial score (nSPS) is 17.8. The lowest BCUT2D eigenvalue weighted by molar-refractivity contribution is 0.0618. The van der Waals surface area contributed by atoms with Crippen molar-refractivity contribution in [2.75, 3.05) is 32.7 Å². The van der Waals surface area contributed by atoms with Crippen LogP contribution in [-0.4, -0.2) is 61.8 Å². The molecule has 1 aliphatic carbocycles. The molecule has 6 nitrogen and oxygen atoms in total. The summed E-state index contributed by atoms with van der Waals surface area (Å²) in [5, 5.41) is 0.801. The summed E-state index contributed by atoms with van der Waals surface area (Å²) in [5.41, 5.74) is 2.63. The maximum absolute atomic E-state index is 13.3. The Hall–Kier alpha value is -2.77. The van der Waals surface area contributed by atoms with Crippen LogP contribution in [0.15, 0.2) is 59.6 Å². The van der Waals surface area contributed by atoms with Crippen LogP contribution in [0.1, 0.15) is 47.2 Å². The van der Waals surface area contributed by atoms with E-state index in [-0.39, 0.29) is 16.6 Å². The third-order valence-corrected chi connectivity index (χ3v) is 9.21. The maximum atomic E-state index is 13.3. The highest BCUT2D eigenvalue weighted by atomic mass is 32.2. The van der Waals surface area contributed by atoms with Gasteiger partial charge in [0.25, 0.3) is 5.91 Å². The fraction of sp³-hybridized carbons (Fsp3) is 0.429. The number of aromatic nitrogens is 1. The van der Waals surface area contributed by atoms with Crippen molar-refractivity contribution in [2.45, 2.75) is 43.3 Å². The van der Waals surface area contributed by atoms with E-state index in [1.165, 1.54) is 25.7 Å². The first-order valence-corrected chi connectivity index (χ1v) is 14.2. The average molecular weight is 492 g/mol. The number of nitrogens with zero attached hydrogens (tertiary/aromatic N) is 3. The number of aryl methyl sites for hydroxylation is 1. The van der Waals surface area contributed by atoms with Gasteiger partial charge in [-0.15, -0.1) is 0 Å². The van der Waals surface area contributed by atoms with Crippen LogP contribution in [0, 0.1) is 12.8 Å². The Kier molecular flexibility index (Phi) is 6.89. The molecule has 1 saturated heterocycles. The van der Waals surface area contributed by atoms with Crippen molar-refractivity contribution in [3.63, 3.8) is 0 Å². The van der Waals surface area contributed by atoms with Crippen LogP contribution in [0.3, 0.4) is 0 Å². The lowest BCUT2D eigenvalue weighted by Gasteiger charge is -2.36. The Bertz CT molecular complexity index is 1320. The standard InChI is InChI=1S/C28H33N3O3S/c1-21-18-24(28(32)31-16-14-30(15-17-31)19-22-6-2-3-7-22)11-12-25(21)20-35(33,34)26-10-4-8-23-9-5-13-29-27(23)26/h4-5,8-13,18,22H,2-3,6-7,14-17,19-20H2,1H3. The van der Waals surface area contributed by atoms with Crippen molar-refractivity contribution in [3.05, 3.63) is 71.4 Å². The number of benzene rings is 2. The largest absolute Gasteiger partial charge is 0.336 e. The van der Waals surface area contributed by atoms with E-state index in [0.717, 1.165) is 49.6 Å². The number of pyridine rings is 1. The minimum absolute atomic E-state index is 0.0290. The zero-order valence-corrected chi connectivity index (χ0v) is 21.1. The van der Waals surface area contributed by atoms with E-state index in [1.54, 1.807) is 36.5 Å². The van der Waals surface area contributed by atoms with Crippen LogP contribution in [0.2, 0.25) is 0 Å². The number of fused-ring (bicyclic) bond motifs is 1. The van der Waals surface area contributed by atoms with Gasteiger partial charge in [0.2, 0.25) is 0 Å². The second-order valence-corrected chi connectivity index (χ2v) is 11.9. The second kappa shape index (κ2) is 10.1. The molecule has 0 radical (unpaired) electrons. The summed E-state index contributed by atoms with van der Waals surface area (Å²) >= 11 is 0. The number of carbonyl (C=O) groups excluding carboxylic acids is 1. The topological polar surface area (TPSA) is 70.6 Å². The minimum Gasteiger partial charge on any atom is -0.336 e. The van der Waals surface area contributed by atoms with Gasteiger partial charge in [-0.05, 0) is 61.1 Å². The van der Waals surface area contributed by atoms with Gasteiger partial charge >= 0.3 is 0 Å². The van der Waals surface area contributed by atoms with Gasteiger partial charge in [-0.25, -0.2) is 8.42 Å². The first kappa shape index (κ1) is 23.9. The summed E-state index contributed by atoms with van der Waals surface area (Å²) in [7, 11) is -3.60. The van der Waals surface area contributed by atoms with Gasteiger partial charge in [0.1, 0.15) is 0 Å². The number of hydrogen-bond acceptors (Lipinski definition) is 5. The van der Waals surface area contributed by atoms with E-state index in [2.05, 4.69) is 9.88 Å². The summed E-state index contributed by atoms with van der Waals surface area (Å²) in [6.45, 7) is 6.38. The molecule has 3 aromatic rings. The van der Waals surface area contributed by atoms with Crippen LogP contribution < -0.4 is 0 Å². The molecule has 35 heavy (non-hydrogen) atoms. The molecule has 1 amide bonds. The van der Waals surface area contributed by atoms with E-state index in [9.17, 15) is 13.2 Å². The molecule has 5 rings (SSSR count). The van der Waals surface area contributed by atoms with Gasteiger partial charge in [0.15, 0.2) is 9.84 Å². The zero-order chi connectivity index (χ0) is 24.4. The monoisotopic (exact) mass is 491 g/mol. The van der Waals surface area contributed by atoms with E-state index in [4.69, 9.17) is 0 Å². The third-order valence-electron chi connectivity index (χ3n) is 7.52. The molecule has 1 aliphatic heterocycles. The lowest BCUT2D eigenvalue weighted by atomic mass is 10.0. The van der Waals surface area contributed by atoms with Gasteiger partial charge in [0, 0.05) is 49.9 Å². The summed E-state index contributed by atoms with van der Waals surface area (Å²) < 4.78 is 26.5. The molecule has 1 saturated carbocycles. The SMILES string of the molecule is Cc1cc(C(=O)N2CCN(CC3CCCC3)CC2)ccc1CS(=O)(=O)c1cccc2cccnc12. The summed E-state index contributed by atoms with van der Waals surface area (Å²) in [4.78, 5) is 22.1. The molecule has 0 atom stereocenters. The van der Waals surface area contributed by atoms with Gasteiger partial charge in [0.05, 0.1) is 16.2 Å². The Morgan fingerprint density at radius 3 is 2.49 bits per heavy atom. The zero-order valence-electron chi connectivity index (χ0n) is 20.3. The van der Waals surface area contributed by atoms with Crippen LogP contribution in [-0.2, 0) is 15.6 Å². The molecule has 2 fully saturated rings.